The maximum atomic E-state index is 1.93. The van der Waals surface area contributed by atoms with E-state index in [2.05, 4.69) is 0 Å². The zero-order chi connectivity index (χ0) is 6.55. The van der Waals surface area contributed by atoms with Crippen molar-refractivity contribution in [3.8, 4) is 0 Å². The molecule has 4 saturated carbocycles. The van der Waals surface area contributed by atoms with Crippen molar-refractivity contribution in [2.75, 3.05) is 0 Å². The van der Waals surface area contributed by atoms with E-state index in [1.165, 1.54) is 19.3 Å². The predicted molar refractivity (Wildman–Crippen MR) is 41.4 cm³/mol. The zero-order valence-electron chi connectivity index (χ0n) is 6.97. The first kappa shape index (κ1) is 8.32. The van der Waals surface area contributed by atoms with Crippen molar-refractivity contribution in [1.82, 2.24) is 0 Å². The molecular weight excluding hydrogens is 168 g/mol. The molecule has 4 aliphatic rings. The molecule has 0 spiro atoms. The minimum absolute atomic E-state index is 0. The van der Waals surface area contributed by atoms with Gasteiger partial charge in [0.1, 0.15) is 0 Å². The molecule has 4 aliphatic carbocycles. The summed E-state index contributed by atoms with van der Waals surface area (Å²) in [7, 11) is 0. The first-order chi connectivity index (χ1) is 4.90. The third-order valence-electron chi connectivity index (χ3n) is 3.73. The molecule has 4 fully saturated rings. The molecule has 0 aromatic carbocycles. The van der Waals surface area contributed by atoms with Crippen molar-refractivity contribution in [2.45, 2.75) is 38.5 Å². The second-order valence-electron chi connectivity index (χ2n) is 4.67. The first-order valence-electron chi connectivity index (χ1n) is 4.73. The Morgan fingerprint density at radius 2 is 1.09 bits per heavy atom. The largest absolute Gasteiger partial charge is 0.0475 e. The van der Waals surface area contributed by atoms with Crippen LogP contribution in [0.25, 0.3) is 0 Å². The average Bonchev–Trinajstić information content (AvgIpc) is 1.82. The van der Waals surface area contributed by atoms with Crippen LogP contribution in [-0.4, -0.2) is 0 Å². The van der Waals surface area contributed by atoms with Gasteiger partial charge < -0.3 is 0 Å². The van der Waals surface area contributed by atoms with E-state index in [4.69, 9.17) is 0 Å². The molecule has 1 radical (unpaired) electrons. The van der Waals surface area contributed by atoms with Gasteiger partial charge in [0, 0.05) is 21.7 Å². The molecule has 0 N–H and O–H groups in total. The fourth-order valence-corrected chi connectivity index (χ4v) is 3.68. The Morgan fingerprint density at radius 3 is 1.36 bits per heavy atom. The molecule has 0 aliphatic heterocycles. The first-order valence-corrected chi connectivity index (χ1v) is 4.73. The molecule has 0 aromatic heterocycles. The van der Waals surface area contributed by atoms with Crippen LogP contribution in [0.4, 0.5) is 0 Å². The summed E-state index contributed by atoms with van der Waals surface area (Å²) in [6.45, 7) is 0. The Kier molecular flexibility index (Phi) is 2.18. The summed E-state index contributed by atoms with van der Waals surface area (Å²) in [6.07, 6.45) is 9.31. The van der Waals surface area contributed by atoms with Crippen LogP contribution in [-0.2, 0) is 21.7 Å². The van der Waals surface area contributed by atoms with Gasteiger partial charge in [-0.2, -0.15) is 0 Å². The second-order valence-corrected chi connectivity index (χ2v) is 4.67. The number of hydrogen-bond acceptors (Lipinski definition) is 0. The smallest absolute Gasteiger partial charge is 0 e. The maximum absolute atomic E-state index is 1.93. The van der Waals surface area contributed by atoms with Gasteiger partial charge in [-0.15, -0.1) is 0 Å². The number of hydrogen-bond donors (Lipinski definition) is 0. The molecule has 59 valence electrons. The molecule has 4 rings (SSSR count). The predicted octanol–water partition coefficient (Wildman–Crippen LogP) is 2.79. The van der Waals surface area contributed by atoms with Crippen molar-refractivity contribution in [3.63, 3.8) is 0 Å². The summed E-state index contributed by atoms with van der Waals surface area (Å²) in [4.78, 5) is 0. The van der Waals surface area contributed by atoms with Crippen LogP contribution in [0.15, 0.2) is 0 Å². The Morgan fingerprint density at radius 1 is 0.727 bits per heavy atom. The Hall–Kier alpha value is 0.714. The van der Waals surface area contributed by atoms with Crippen LogP contribution >= 0.6 is 0 Å². The van der Waals surface area contributed by atoms with Gasteiger partial charge in [-0.05, 0) is 62.2 Å². The summed E-state index contributed by atoms with van der Waals surface area (Å²) < 4.78 is 0. The maximum Gasteiger partial charge on any atom is 0 e. The molecule has 1 heteroatoms. The van der Waals surface area contributed by atoms with Crippen LogP contribution in [0.1, 0.15) is 38.5 Å². The SMILES string of the molecule is C1[C]2CC3CC1CC(C2)C3.[Ti]. The van der Waals surface area contributed by atoms with E-state index in [-0.39, 0.29) is 21.7 Å². The van der Waals surface area contributed by atoms with Gasteiger partial charge in [0.25, 0.3) is 0 Å². The van der Waals surface area contributed by atoms with Crippen molar-refractivity contribution in [3.05, 3.63) is 5.92 Å². The third kappa shape index (κ3) is 1.33. The van der Waals surface area contributed by atoms with Crippen molar-refractivity contribution < 1.29 is 21.7 Å². The van der Waals surface area contributed by atoms with E-state index in [0.29, 0.717) is 0 Å². The Labute approximate surface area is 84.0 Å². The molecule has 0 unspecified atom stereocenters. The van der Waals surface area contributed by atoms with E-state index in [1.54, 1.807) is 19.3 Å². The monoisotopic (exact) mass is 183 g/mol. The van der Waals surface area contributed by atoms with E-state index in [1.807, 2.05) is 5.92 Å². The van der Waals surface area contributed by atoms with Crippen molar-refractivity contribution in [2.24, 2.45) is 17.8 Å². The molecule has 0 aromatic rings. The summed E-state index contributed by atoms with van der Waals surface area (Å²) in [5.74, 6) is 5.35. The second kappa shape index (κ2) is 2.89. The molecule has 0 saturated heterocycles. The van der Waals surface area contributed by atoms with Crippen LogP contribution in [0.3, 0.4) is 0 Å². The van der Waals surface area contributed by atoms with Gasteiger partial charge in [0.15, 0.2) is 0 Å². The molecule has 0 heterocycles. The minimum atomic E-state index is 0. The van der Waals surface area contributed by atoms with E-state index >= 15 is 0 Å². The standard InChI is InChI=1S/C10H15.Ti/c1-7-2-9-4-8(1)5-10(3-7)6-9;/h7-9H,1-6H2;. The quantitative estimate of drug-likeness (QED) is 0.506. The van der Waals surface area contributed by atoms with E-state index < -0.39 is 0 Å². The number of rotatable bonds is 0. The van der Waals surface area contributed by atoms with E-state index in [9.17, 15) is 0 Å². The molecule has 0 amide bonds. The normalized spacial score (nSPS) is 47.5. The molecule has 0 nitrogen and oxygen atoms in total. The summed E-state index contributed by atoms with van der Waals surface area (Å²) >= 11 is 0. The fourth-order valence-electron chi connectivity index (χ4n) is 3.68. The summed E-state index contributed by atoms with van der Waals surface area (Å²) in [5.41, 5.74) is 0. The topological polar surface area (TPSA) is 0 Å². The molecule has 0 atom stereocenters. The van der Waals surface area contributed by atoms with Gasteiger partial charge in [0.05, 0.1) is 0 Å². The van der Waals surface area contributed by atoms with Crippen molar-refractivity contribution in [1.29, 1.82) is 0 Å². The van der Waals surface area contributed by atoms with Gasteiger partial charge in [-0.3, -0.25) is 0 Å². The minimum Gasteiger partial charge on any atom is -0.0475 e. The summed E-state index contributed by atoms with van der Waals surface area (Å²) in [6, 6.07) is 0. The average molecular weight is 183 g/mol. The van der Waals surface area contributed by atoms with E-state index in [0.717, 1.165) is 17.8 Å². The van der Waals surface area contributed by atoms with Crippen molar-refractivity contribution >= 4 is 0 Å². The van der Waals surface area contributed by atoms with Crippen LogP contribution in [0, 0.1) is 23.7 Å². The van der Waals surface area contributed by atoms with Gasteiger partial charge in [0.2, 0.25) is 0 Å². The van der Waals surface area contributed by atoms with Crippen LogP contribution in [0.5, 0.6) is 0 Å². The Bertz CT molecular complexity index is 96.4. The molecule has 4 bridgehead atoms. The fraction of sp³-hybridized carbons (Fsp3) is 0.900. The molecular formula is C10H15Ti. The third-order valence-corrected chi connectivity index (χ3v) is 3.73. The molecule has 11 heavy (non-hydrogen) atoms. The van der Waals surface area contributed by atoms with Gasteiger partial charge in [-0.1, -0.05) is 0 Å². The van der Waals surface area contributed by atoms with Gasteiger partial charge in [-0.25, -0.2) is 0 Å². The van der Waals surface area contributed by atoms with Gasteiger partial charge >= 0.3 is 0 Å². The van der Waals surface area contributed by atoms with Crippen LogP contribution in [0.2, 0.25) is 0 Å². The summed E-state index contributed by atoms with van der Waals surface area (Å²) in [5, 5.41) is 0. The zero-order valence-corrected chi connectivity index (χ0v) is 8.54. The van der Waals surface area contributed by atoms with Crippen LogP contribution < -0.4 is 0 Å². The Balaban J connectivity index is 0.000000480.